The first-order valence-electron chi connectivity index (χ1n) is 7.34. The van der Waals surface area contributed by atoms with E-state index in [9.17, 15) is 8.42 Å². The Balaban J connectivity index is 2.29. The normalized spacial score (nSPS) is 21.2. The SMILES string of the molecule is CCCC1CCCCN1S(=O)(=O)c1ccsc1CNC. The van der Waals surface area contributed by atoms with Gasteiger partial charge in [-0.15, -0.1) is 11.3 Å². The molecule has 1 aromatic heterocycles. The van der Waals surface area contributed by atoms with Gasteiger partial charge in [0.15, 0.2) is 0 Å². The van der Waals surface area contributed by atoms with Crippen molar-refractivity contribution in [2.45, 2.75) is 56.5 Å². The molecular formula is C14H24N2O2S2. The standard InChI is InChI=1S/C14H24N2O2S2/c1-3-6-12-7-4-5-9-16(12)20(17,18)14-8-10-19-13(14)11-15-2/h8,10,12,15H,3-7,9,11H2,1-2H3. The van der Waals surface area contributed by atoms with Crippen LogP contribution in [0.2, 0.25) is 0 Å². The molecule has 1 aliphatic rings. The van der Waals surface area contributed by atoms with Crippen LogP contribution >= 0.6 is 11.3 Å². The van der Waals surface area contributed by atoms with E-state index >= 15 is 0 Å². The van der Waals surface area contributed by atoms with E-state index in [2.05, 4.69) is 12.2 Å². The van der Waals surface area contributed by atoms with E-state index < -0.39 is 10.0 Å². The number of sulfonamides is 1. The van der Waals surface area contributed by atoms with Gasteiger partial charge < -0.3 is 5.32 Å². The molecule has 20 heavy (non-hydrogen) atoms. The Labute approximate surface area is 126 Å². The summed E-state index contributed by atoms with van der Waals surface area (Å²) in [5.74, 6) is 0. The molecule has 0 radical (unpaired) electrons. The van der Waals surface area contributed by atoms with Gasteiger partial charge in [0.25, 0.3) is 0 Å². The molecule has 114 valence electrons. The van der Waals surface area contributed by atoms with E-state index in [1.165, 1.54) is 11.3 Å². The van der Waals surface area contributed by atoms with Gasteiger partial charge in [0, 0.05) is 24.0 Å². The maximum atomic E-state index is 12.9. The highest BCUT2D eigenvalue weighted by atomic mass is 32.2. The molecule has 2 rings (SSSR count). The minimum absolute atomic E-state index is 0.182. The van der Waals surface area contributed by atoms with Crippen molar-refractivity contribution in [3.05, 3.63) is 16.3 Å². The lowest BCUT2D eigenvalue weighted by Gasteiger charge is -2.34. The van der Waals surface area contributed by atoms with Crippen molar-refractivity contribution in [3.8, 4) is 0 Å². The number of nitrogens with zero attached hydrogens (tertiary/aromatic N) is 1. The van der Waals surface area contributed by atoms with Crippen LogP contribution in [0.3, 0.4) is 0 Å². The molecule has 1 aromatic rings. The summed E-state index contributed by atoms with van der Waals surface area (Å²) in [7, 11) is -1.50. The topological polar surface area (TPSA) is 49.4 Å². The van der Waals surface area contributed by atoms with Crippen LogP contribution in [0.5, 0.6) is 0 Å². The average molecular weight is 316 g/mol. The van der Waals surface area contributed by atoms with Crippen LogP contribution < -0.4 is 5.32 Å². The van der Waals surface area contributed by atoms with E-state index in [1.54, 1.807) is 10.4 Å². The van der Waals surface area contributed by atoms with Crippen molar-refractivity contribution in [1.82, 2.24) is 9.62 Å². The predicted octanol–water partition coefficient (Wildman–Crippen LogP) is 2.81. The molecule has 0 bridgehead atoms. The van der Waals surface area contributed by atoms with Crippen LogP contribution in [0.25, 0.3) is 0 Å². The lowest BCUT2D eigenvalue weighted by molar-refractivity contribution is 0.239. The molecule has 0 saturated carbocycles. The lowest BCUT2D eigenvalue weighted by Crippen LogP contribution is -2.43. The van der Waals surface area contributed by atoms with Crippen molar-refractivity contribution >= 4 is 21.4 Å². The van der Waals surface area contributed by atoms with Gasteiger partial charge >= 0.3 is 0 Å². The summed E-state index contributed by atoms with van der Waals surface area (Å²) in [6, 6.07) is 1.94. The Morgan fingerprint density at radius 1 is 1.45 bits per heavy atom. The fourth-order valence-corrected chi connectivity index (χ4v) is 6.04. The summed E-state index contributed by atoms with van der Waals surface area (Å²) < 4.78 is 27.6. The molecule has 0 spiro atoms. The van der Waals surface area contributed by atoms with Crippen LogP contribution in [0.4, 0.5) is 0 Å². The molecule has 1 atom stereocenters. The van der Waals surface area contributed by atoms with Crippen molar-refractivity contribution in [2.24, 2.45) is 0 Å². The fourth-order valence-electron chi connectivity index (χ4n) is 2.89. The Morgan fingerprint density at radius 2 is 2.25 bits per heavy atom. The van der Waals surface area contributed by atoms with Crippen molar-refractivity contribution < 1.29 is 8.42 Å². The van der Waals surface area contributed by atoms with Gasteiger partial charge in [0.2, 0.25) is 10.0 Å². The maximum Gasteiger partial charge on any atom is 0.244 e. The summed E-state index contributed by atoms with van der Waals surface area (Å²) in [4.78, 5) is 1.41. The summed E-state index contributed by atoms with van der Waals surface area (Å²) in [6.07, 6.45) is 5.11. The molecule has 6 heteroatoms. The largest absolute Gasteiger partial charge is 0.315 e. The molecule has 0 amide bonds. The third-order valence-electron chi connectivity index (χ3n) is 3.82. The minimum atomic E-state index is -3.34. The second-order valence-corrected chi connectivity index (χ2v) is 8.15. The second kappa shape index (κ2) is 7.02. The van der Waals surface area contributed by atoms with Gasteiger partial charge in [-0.05, 0) is 37.8 Å². The summed E-state index contributed by atoms with van der Waals surface area (Å²) in [6.45, 7) is 3.40. The van der Waals surface area contributed by atoms with Gasteiger partial charge in [0.1, 0.15) is 0 Å². The Morgan fingerprint density at radius 3 is 2.95 bits per heavy atom. The zero-order valence-corrected chi connectivity index (χ0v) is 13.9. The summed E-state index contributed by atoms with van der Waals surface area (Å²) in [5.41, 5.74) is 0. The van der Waals surface area contributed by atoms with Gasteiger partial charge in [-0.2, -0.15) is 4.31 Å². The molecule has 0 aliphatic carbocycles. The second-order valence-electron chi connectivity index (χ2n) is 5.29. The van der Waals surface area contributed by atoms with Crippen molar-refractivity contribution in [1.29, 1.82) is 0 Å². The first-order chi connectivity index (χ1) is 9.61. The zero-order valence-electron chi connectivity index (χ0n) is 12.3. The summed E-state index contributed by atoms with van der Waals surface area (Å²) in [5, 5.41) is 4.92. The molecule has 1 aliphatic heterocycles. The molecule has 1 N–H and O–H groups in total. The summed E-state index contributed by atoms with van der Waals surface area (Å²) >= 11 is 1.51. The van der Waals surface area contributed by atoms with Gasteiger partial charge in [0.05, 0.1) is 4.90 Å². The number of hydrogen-bond donors (Lipinski definition) is 1. The monoisotopic (exact) mass is 316 g/mol. The van der Waals surface area contributed by atoms with E-state index in [0.29, 0.717) is 18.0 Å². The Kier molecular flexibility index (Phi) is 5.60. The highest BCUT2D eigenvalue weighted by molar-refractivity contribution is 7.89. The molecule has 2 heterocycles. The number of nitrogens with one attached hydrogen (secondary N) is 1. The third-order valence-corrected chi connectivity index (χ3v) is 6.91. The van der Waals surface area contributed by atoms with E-state index in [4.69, 9.17) is 0 Å². The van der Waals surface area contributed by atoms with E-state index in [0.717, 1.165) is 37.0 Å². The van der Waals surface area contributed by atoms with Crippen LogP contribution in [0.15, 0.2) is 16.3 Å². The molecule has 4 nitrogen and oxygen atoms in total. The maximum absolute atomic E-state index is 12.9. The zero-order chi connectivity index (χ0) is 14.6. The Hall–Kier alpha value is -0.430. The van der Waals surface area contributed by atoms with Gasteiger partial charge in [-0.25, -0.2) is 8.42 Å². The minimum Gasteiger partial charge on any atom is -0.315 e. The number of rotatable bonds is 6. The molecule has 1 unspecified atom stereocenters. The van der Waals surface area contributed by atoms with Crippen molar-refractivity contribution in [3.63, 3.8) is 0 Å². The fraction of sp³-hybridized carbons (Fsp3) is 0.714. The average Bonchev–Trinajstić information content (AvgIpc) is 2.89. The van der Waals surface area contributed by atoms with E-state index in [1.807, 2.05) is 12.4 Å². The first kappa shape index (κ1) is 15.9. The van der Waals surface area contributed by atoms with Crippen LogP contribution in [0, 0.1) is 0 Å². The van der Waals surface area contributed by atoms with Crippen molar-refractivity contribution in [2.75, 3.05) is 13.6 Å². The highest BCUT2D eigenvalue weighted by Gasteiger charge is 2.34. The lowest BCUT2D eigenvalue weighted by atomic mass is 10.0. The predicted molar refractivity (Wildman–Crippen MR) is 83.5 cm³/mol. The van der Waals surface area contributed by atoms with Crippen LogP contribution in [-0.2, 0) is 16.6 Å². The number of thiophene rings is 1. The molecular weight excluding hydrogens is 292 g/mol. The molecule has 0 aromatic carbocycles. The van der Waals surface area contributed by atoms with Gasteiger partial charge in [-0.1, -0.05) is 19.8 Å². The highest BCUT2D eigenvalue weighted by Crippen LogP contribution is 2.31. The third kappa shape index (κ3) is 3.24. The van der Waals surface area contributed by atoms with Crippen LogP contribution in [0.1, 0.15) is 43.9 Å². The quantitative estimate of drug-likeness (QED) is 0.878. The van der Waals surface area contributed by atoms with E-state index in [-0.39, 0.29) is 6.04 Å². The number of hydrogen-bond acceptors (Lipinski definition) is 4. The Bertz CT molecular complexity index is 523. The smallest absolute Gasteiger partial charge is 0.244 e. The molecule has 1 fully saturated rings. The molecule has 1 saturated heterocycles. The van der Waals surface area contributed by atoms with Gasteiger partial charge in [-0.3, -0.25) is 0 Å². The first-order valence-corrected chi connectivity index (χ1v) is 9.66. The number of piperidine rings is 1. The van der Waals surface area contributed by atoms with Crippen LogP contribution in [-0.4, -0.2) is 32.4 Å².